The summed E-state index contributed by atoms with van der Waals surface area (Å²) in [6, 6.07) is 12.3. The number of carbonyl (C=O) groups is 1. The van der Waals surface area contributed by atoms with Crippen LogP contribution in [-0.2, 0) is 0 Å². The van der Waals surface area contributed by atoms with Crippen molar-refractivity contribution in [3.63, 3.8) is 0 Å². The molecule has 6 rings (SSSR count). The largest absolute Gasteiger partial charge is 0.453 e. The first-order valence-electron chi connectivity index (χ1n) is 13.7. The zero-order valence-corrected chi connectivity index (χ0v) is 23.4. The average molecular weight is 587 g/mol. The zero-order valence-electron chi connectivity index (χ0n) is 23.4. The first-order valence-corrected chi connectivity index (χ1v) is 13.7. The Bertz CT molecular complexity index is 1850. The highest BCUT2D eigenvalue weighted by Crippen LogP contribution is 2.36. The SMILES string of the molecule is CN1CCC(N(C)c2n[nH]c3nccc(Oc4ccc(NC(=O)c5ccnn(-c6ccc(F)cc6)c5=O)cc4F)c23)CC1. The van der Waals surface area contributed by atoms with Crippen molar-refractivity contribution in [2.24, 2.45) is 0 Å². The topological polar surface area (TPSA) is 121 Å². The highest BCUT2D eigenvalue weighted by atomic mass is 19.1. The molecule has 1 saturated heterocycles. The van der Waals surface area contributed by atoms with Gasteiger partial charge in [-0.1, -0.05) is 0 Å². The molecule has 4 heterocycles. The van der Waals surface area contributed by atoms with E-state index in [1.165, 1.54) is 48.7 Å². The standard InChI is InChI=1S/C30H28F2N8O3/c1-38-15-11-20(12-16-38)39(2)28-26-25(10-13-33-27(26)36-37-28)43-24-8-5-19(17-23(24)32)35-29(41)22-9-14-34-40(30(22)42)21-6-3-18(31)4-7-21/h3-10,13-14,17,20H,11-12,15-16H2,1-2H3,(H,35,41)(H,33,36,37). The third-order valence-electron chi connectivity index (χ3n) is 7.55. The van der Waals surface area contributed by atoms with E-state index in [2.05, 4.69) is 42.4 Å². The molecule has 2 aromatic carbocycles. The lowest BCUT2D eigenvalue weighted by atomic mass is 10.0. The van der Waals surface area contributed by atoms with E-state index < -0.39 is 23.1 Å². The van der Waals surface area contributed by atoms with Crippen LogP contribution in [-0.4, -0.2) is 69.0 Å². The summed E-state index contributed by atoms with van der Waals surface area (Å²) in [7, 11) is 4.09. The number of nitrogens with zero attached hydrogens (tertiary/aromatic N) is 6. The van der Waals surface area contributed by atoms with Crippen molar-refractivity contribution in [3.8, 4) is 17.2 Å². The molecular formula is C30H28F2N8O3. The van der Waals surface area contributed by atoms with Crippen LogP contribution in [0.25, 0.3) is 16.7 Å². The molecule has 220 valence electrons. The van der Waals surface area contributed by atoms with Crippen LogP contribution in [0.15, 0.2) is 71.8 Å². The van der Waals surface area contributed by atoms with E-state index in [1.54, 1.807) is 12.3 Å². The van der Waals surface area contributed by atoms with Crippen LogP contribution in [0.5, 0.6) is 11.5 Å². The molecular weight excluding hydrogens is 558 g/mol. The molecule has 13 heteroatoms. The van der Waals surface area contributed by atoms with Gasteiger partial charge >= 0.3 is 0 Å². The fraction of sp³-hybridized carbons (Fsp3) is 0.233. The van der Waals surface area contributed by atoms with Crippen molar-refractivity contribution < 1.29 is 18.3 Å². The fourth-order valence-electron chi connectivity index (χ4n) is 5.13. The lowest BCUT2D eigenvalue weighted by molar-refractivity contribution is 0.102. The van der Waals surface area contributed by atoms with Crippen molar-refractivity contribution in [3.05, 3.63) is 94.5 Å². The Balaban J connectivity index is 1.21. The molecule has 1 aliphatic rings. The molecule has 0 atom stereocenters. The van der Waals surface area contributed by atoms with E-state index in [-0.39, 0.29) is 28.7 Å². The van der Waals surface area contributed by atoms with Gasteiger partial charge in [-0.25, -0.2) is 13.8 Å². The second-order valence-electron chi connectivity index (χ2n) is 10.4. The summed E-state index contributed by atoms with van der Waals surface area (Å²) in [6.07, 6.45) is 4.80. The van der Waals surface area contributed by atoms with Crippen LogP contribution < -0.4 is 20.5 Å². The number of piperidine rings is 1. The number of hydrogen-bond acceptors (Lipinski definition) is 8. The second kappa shape index (κ2) is 11.6. The minimum atomic E-state index is -0.757. The van der Waals surface area contributed by atoms with Crippen molar-refractivity contribution in [2.75, 3.05) is 37.4 Å². The van der Waals surface area contributed by atoms with Gasteiger partial charge in [-0.05, 0) is 75.4 Å². The number of carbonyl (C=O) groups excluding carboxylic acids is 1. The molecule has 1 amide bonds. The molecule has 0 aliphatic carbocycles. The first kappa shape index (κ1) is 28.0. The highest BCUT2D eigenvalue weighted by molar-refractivity contribution is 6.04. The number of fused-ring (bicyclic) bond motifs is 1. The van der Waals surface area contributed by atoms with Crippen LogP contribution in [0.4, 0.5) is 20.3 Å². The quantitative estimate of drug-likeness (QED) is 0.289. The number of H-pyrrole nitrogens is 1. The van der Waals surface area contributed by atoms with Gasteiger partial charge in [0, 0.05) is 43.3 Å². The Hall–Kier alpha value is -5.17. The average Bonchev–Trinajstić information content (AvgIpc) is 3.44. The Morgan fingerprint density at radius 1 is 1.05 bits per heavy atom. The lowest BCUT2D eigenvalue weighted by Gasteiger charge is -2.35. The van der Waals surface area contributed by atoms with Gasteiger partial charge in [-0.2, -0.15) is 14.9 Å². The van der Waals surface area contributed by atoms with Crippen LogP contribution in [0.2, 0.25) is 0 Å². The minimum absolute atomic E-state index is 0.0674. The molecule has 5 aromatic rings. The number of pyridine rings is 1. The van der Waals surface area contributed by atoms with Gasteiger partial charge in [0.2, 0.25) is 0 Å². The highest BCUT2D eigenvalue weighted by Gasteiger charge is 2.25. The van der Waals surface area contributed by atoms with Crippen molar-refractivity contribution >= 4 is 28.4 Å². The smallest absolute Gasteiger partial charge is 0.284 e. The summed E-state index contributed by atoms with van der Waals surface area (Å²) in [4.78, 5) is 34.6. The molecule has 0 unspecified atom stereocenters. The van der Waals surface area contributed by atoms with E-state index >= 15 is 4.39 Å². The maximum Gasteiger partial charge on any atom is 0.284 e. The molecule has 0 radical (unpaired) electrons. The predicted molar refractivity (Wildman–Crippen MR) is 157 cm³/mol. The van der Waals surface area contributed by atoms with Crippen molar-refractivity contribution in [1.29, 1.82) is 0 Å². The number of rotatable bonds is 7. The number of aromatic nitrogens is 5. The number of amides is 1. The summed E-state index contributed by atoms with van der Waals surface area (Å²) in [5, 5.41) is 14.6. The fourth-order valence-corrected chi connectivity index (χ4v) is 5.13. The Morgan fingerprint density at radius 3 is 2.56 bits per heavy atom. The number of likely N-dealkylation sites (tertiary alicyclic amines) is 1. The van der Waals surface area contributed by atoms with Gasteiger partial charge in [0.05, 0.1) is 5.69 Å². The number of halogens is 2. The number of hydrogen-bond donors (Lipinski definition) is 2. The van der Waals surface area contributed by atoms with E-state index in [0.717, 1.165) is 36.7 Å². The monoisotopic (exact) mass is 586 g/mol. The van der Waals surface area contributed by atoms with Crippen LogP contribution in [0, 0.1) is 11.6 Å². The maximum absolute atomic E-state index is 15.3. The summed E-state index contributed by atoms with van der Waals surface area (Å²) >= 11 is 0. The van der Waals surface area contributed by atoms with Crippen LogP contribution >= 0.6 is 0 Å². The lowest BCUT2D eigenvalue weighted by Crippen LogP contribution is -2.42. The van der Waals surface area contributed by atoms with E-state index in [4.69, 9.17) is 4.74 Å². The van der Waals surface area contributed by atoms with Gasteiger partial charge in [0.1, 0.15) is 22.5 Å². The third-order valence-corrected chi connectivity index (χ3v) is 7.55. The Kier molecular flexibility index (Phi) is 7.55. The normalized spacial score (nSPS) is 14.1. The van der Waals surface area contributed by atoms with Gasteiger partial charge in [-0.3, -0.25) is 14.7 Å². The molecule has 0 bridgehead atoms. The summed E-state index contributed by atoms with van der Waals surface area (Å²) < 4.78 is 35.5. The van der Waals surface area contributed by atoms with Gasteiger partial charge in [0.15, 0.2) is 23.0 Å². The maximum atomic E-state index is 15.3. The van der Waals surface area contributed by atoms with Gasteiger partial charge in [0.25, 0.3) is 11.5 Å². The zero-order chi connectivity index (χ0) is 30.1. The van der Waals surface area contributed by atoms with Gasteiger partial charge < -0.3 is 19.9 Å². The second-order valence-corrected chi connectivity index (χ2v) is 10.4. The van der Waals surface area contributed by atoms with E-state index in [0.29, 0.717) is 22.6 Å². The molecule has 2 N–H and O–H groups in total. The molecule has 1 fully saturated rings. The minimum Gasteiger partial charge on any atom is -0.453 e. The number of aromatic amines is 1. The van der Waals surface area contributed by atoms with E-state index in [1.807, 2.05) is 7.05 Å². The number of ether oxygens (including phenoxy) is 1. The molecule has 1 aliphatic heterocycles. The van der Waals surface area contributed by atoms with Crippen molar-refractivity contribution in [2.45, 2.75) is 18.9 Å². The molecule has 43 heavy (non-hydrogen) atoms. The number of benzene rings is 2. The summed E-state index contributed by atoms with van der Waals surface area (Å²) in [6.45, 7) is 1.97. The van der Waals surface area contributed by atoms with Gasteiger partial charge in [-0.15, -0.1) is 0 Å². The summed E-state index contributed by atoms with van der Waals surface area (Å²) in [5.41, 5.74) is -0.0158. The molecule has 0 spiro atoms. The molecule has 0 saturated carbocycles. The number of nitrogens with one attached hydrogen (secondary N) is 2. The predicted octanol–water partition coefficient (Wildman–Crippen LogP) is 4.36. The van der Waals surface area contributed by atoms with Crippen molar-refractivity contribution in [1.82, 2.24) is 29.9 Å². The Morgan fingerprint density at radius 2 is 1.81 bits per heavy atom. The molecule has 11 nitrogen and oxygen atoms in total. The van der Waals surface area contributed by atoms with E-state index in [9.17, 15) is 14.0 Å². The number of anilines is 2. The van der Waals surface area contributed by atoms with Crippen LogP contribution in [0.3, 0.4) is 0 Å². The first-order chi connectivity index (χ1) is 20.8. The summed E-state index contributed by atoms with van der Waals surface area (Å²) in [5.74, 6) is -0.981. The third kappa shape index (κ3) is 5.66. The molecule has 3 aromatic heterocycles. The Labute approximate surface area is 244 Å². The van der Waals surface area contributed by atoms with Crippen LogP contribution in [0.1, 0.15) is 23.2 Å².